The zero-order valence-electron chi connectivity index (χ0n) is 26.9. The molecule has 47 heavy (non-hydrogen) atoms. The second kappa shape index (κ2) is 13.6. The summed E-state index contributed by atoms with van der Waals surface area (Å²) in [7, 11) is 0. The molecule has 1 aliphatic heterocycles. The lowest BCUT2D eigenvalue weighted by atomic mass is 10.1. The molecule has 4 aromatic rings. The zero-order chi connectivity index (χ0) is 33.2. The van der Waals surface area contributed by atoms with Crippen LogP contribution < -0.4 is 27.0 Å². The van der Waals surface area contributed by atoms with E-state index in [0.717, 1.165) is 50.9 Å². The number of nitrogens with zero attached hydrogens (tertiary/aromatic N) is 4. The smallest absolute Gasteiger partial charge is 0.341 e. The maximum absolute atomic E-state index is 15.8. The summed E-state index contributed by atoms with van der Waals surface area (Å²) in [5.74, 6) is -1.55. The first-order valence-electron chi connectivity index (χ1n) is 16.5. The van der Waals surface area contributed by atoms with E-state index in [9.17, 15) is 24.3 Å². The van der Waals surface area contributed by atoms with E-state index in [2.05, 4.69) is 22.2 Å². The quantitative estimate of drug-likeness (QED) is 0.167. The number of unbranched alkanes of at least 4 members (excludes halogenated alkanes) is 2. The van der Waals surface area contributed by atoms with Gasteiger partial charge in [0, 0.05) is 55.6 Å². The van der Waals surface area contributed by atoms with Crippen LogP contribution in [0.5, 0.6) is 0 Å². The van der Waals surface area contributed by atoms with Gasteiger partial charge in [0.1, 0.15) is 17.2 Å². The van der Waals surface area contributed by atoms with Gasteiger partial charge < -0.3 is 20.0 Å². The van der Waals surface area contributed by atoms with E-state index in [1.54, 1.807) is 6.07 Å². The van der Waals surface area contributed by atoms with E-state index < -0.39 is 22.9 Å². The lowest BCUT2D eigenvalue weighted by Crippen LogP contribution is -2.42. The number of hydrazine groups is 1. The molecule has 248 valence electrons. The Hall–Kier alpha value is -4.71. The van der Waals surface area contributed by atoms with Gasteiger partial charge in [-0.15, -0.1) is 0 Å². The van der Waals surface area contributed by atoms with Crippen molar-refractivity contribution in [2.24, 2.45) is 0 Å². The molecule has 1 aliphatic carbocycles. The van der Waals surface area contributed by atoms with Crippen molar-refractivity contribution in [2.45, 2.75) is 77.8 Å². The topological polar surface area (TPSA) is 133 Å². The summed E-state index contributed by atoms with van der Waals surface area (Å²) in [6.07, 6.45) is 7.95. The molecule has 3 heterocycles. The number of H-pyrrole nitrogens is 1. The first-order chi connectivity index (χ1) is 22.6. The van der Waals surface area contributed by atoms with Crippen molar-refractivity contribution in [1.29, 1.82) is 0 Å². The van der Waals surface area contributed by atoms with Gasteiger partial charge in [-0.05, 0) is 93.7 Å². The van der Waals surface area contributed by atoms with Crippen LogP contribution in [0.2, 0.25) is 0 Å². The van der Waals surface area contributed by atoms with Gasteiger partial charge >= 0.3 is 11.7 Å². The minimum atomic E-state index is -1.32. The van der Waals surface area contributed by atoms with E-state index in [1.165, 1.54) is 34.0 Å². The highest BCUT2D eigenvalue weighted by molar-refractivity contribution is 5.93. The molecule has 2 aromatic carbocycles. The van der Waals surface area contributed by atoms with Crippen LogP contribution in [0.1, 0.15) is 79.4 Å². The number of rotatable bonds is 13. The Kier molecular flexibility index (Phi) is 9.31. The SMILES string of the molecule is CCc1cc(Nc2cc(=O)n(CCCCCN(c3cc4c(cc3F)c(=O)c(C(=O)O)cn4C3CC3)N3CCCC3)c(=O)[nH]2)ccc1C. The summed E-state index contributed by atoms with van der Waals surface area (Å²) in [4.78, 5) is 53.1. The van der Waals surface area contributed by atoms with Crippen LogP contribution >= 0.6 is 0 Å². The number of carboxylic acid groups (broad SMARTS) is 1. The van der Waals surface area contributed by atoms with Crippen LogP contribution in [-0.4, -0.2) is 49.8 Å². The number of aromatic carboxylic acids is 1. The number of aromatic nitrogens is 3. The molecule has 0 unspecified atom stereocenters. The molecule has 11 nitrogen and oxygen atoms in total. The highest BCUT2D eigenvalue weighted by Crippen LogP contribution is 2.38. The molecule has 0 bridgehead atoms. The molecule has 0 spiro atoms. The predicted molar refractivity (Wildman–Crippen MR) is 181 cm³/mol. The van der Waals surface area contributed by atoms with Crippen molar-refractivity contribution in [3.05, 3.63) is 96.2 Å². The molecular formula is C35H41FN6O5. The number of hydrogen-bond acceptors (Lipinski definition) is 7. The Balaban J connectivity index is 1.15. The fraction of sp³-hybridized carbons (Fsp3) is 0.429. The van der Waals surface area contributed by atoms with Crippen molar-refractivity contribution in [3.8, 4) is 0 Å². The third-order valence-corrected chi connectivity index (χ3v) is 9.25. The second-order valence-corrected chi connectivity index (χ2v) is 12.6. The third kappa shape index (κ3) is 6.87. The van der Waals surface area contributed by atoms with Crippen molar-refractivity contribution >= 4 is 34.1 Å². The van der Waals surface area contributed by atoms with Gasteiger partial charge in [-0.3, -0.25) is 19.1 Å². The summed E-state index contributed by atoms with van der Waals surface area (Å²) in [6.45, 7) is 6.44. The average molecular weight is 645 g/mol. The van der Waals surface area contributed by atoms with Crippen LogP contribution in [0, 0.1) is 12.7 Å². The predicted octanol–water partition coefficient (Wildman–Crippen LogP) is 5.33. The summed E-state index contributed by atoms with van der Waals surface area (Å²) in [6, 6.07) is 10.3. The van der Waals surface area contributed by atoms with Gasteiger partial charge in [-0.1, -0.05) is 13.0 Å². The van der Waals surface area contributed by atoms with E-state index >= 15 is 4.39 Å². The first-order valence-corrected chi connectivity index (χ1v) is 16.5. The summed E-state index contributed by atoms with van der Waals surface area (Å²) in [5.41, 5.74) is 2.15. The van der Waals surface area contributed by atoms with Crippen LogP contribution in [0.15, 0.2) is 57.0 Å². The number of anilines is 3. The van der Waals surface area contributed by atoms with Gasteiger partial charge in [-0.25, -0.2) is 19.0 Å². The van der Waals surface area contributed by atoms with Crippen molar-refractivity contribution in [3.63, 3.8) is 0 Å². The summed E-state index contributed by atoms with van der Waals surface area (Å²) >= 11 is 0. The minimum absolute atomic E-state index is 0.0703. The van der Waals surface area contributed by atoms with Crippen LogP contribution in [0.25, 0.3) is 10.9 Å². The first kappa shape index (κ1) is 32.2. The van der Waals surface area contributed by atoms with Crippen LogP contribution in [0.4, 0.5) is 21.6 Å². The standard InChI is InChI=1S/C35H41FN6O5/c1-3-23-17-24(10-9-22(23)2)37-31-20-32(43)40(35(47)38-31)15-5-4-6-16-42(39-13-7-8-14-39)30-19-29-26(18-28(30)36)33(44)27(34(45)46)21-41(29)25-11-12-25/h9-10,17-21,25,37H,3-8,11-16H2,1-2H3,(H,38,47)(H,45,46). The normalized spacial score (nSPS) is 15.0. The lowest BCUT2D eigenvalue weighted by Gasteiger charge is -2.34. The number of pyridine rings is 1. The molecule has 2 aliphatic rings. The molecule has 0 atom stereocenters. The Labute approximate surface area is 271 Å². The van der Waals surface area contributed by atoms with E-state index in [0.29, 0.717) is 42.8 Å². The van der Waals surface area contributed by atoms with E-state index in [4.69, 9.17) is 0 Å². The molecule has 3 N–H and O–H groups in total. The Morgan fingerprint density at radius 3 is 2.51 bits per heavy atom. The summed E-state index contributed by atoms with van der Waals surface area (Å²) < 4.78 is 18.8. The monoisotopic (exact) mass is 644 g/mol. The molecule has 6 rings (SSSR count). The molecule has 0 amide bonds. The zero-order valence-corrected chi connectivity index (χ0v) is 26.9. The van der Waals surface area contributed by atoms with Gasteiger partial charge in [-0.2, -0.15) is 0 Å². The largest absolute Gasteiger partial charge is 0.477 e. The van der Waals surface area contributed by atoms with E-state index in [1.807, 2.05) is 34.7 Å². The molecular weight excluding hydrogens is 603 g/mol. The second-order valence-electron chi connectivity index (χ2n) is 12.6. The number of halogens is 1. The van der Waals surface area contributed by atoms with Gasteiger partial charge in [0.05, 0.1) is 11.2 Å². The Morgan fingerprint density at radius 1 is 1.06 bits per heavy atom. The number of carbonyl (C=O) groups is 1. The maximum Gasteiger partial charge on any atom is 0.341 e. The fourth-order valence-electron chi connectivity index (χ4n) is 6.51. The molecule has 1 saturated carbocycles. The molecule has 2 aromatic heterocycles. The molecule has 0 radical (unpaired) electrons. The highest BCUT2D eigenvalue weighted by atomic mass is 19.1. The average Bonchev–Trinajstić information content (AvgIpc) is 3.74. The number of aryl methyl sites for hydroxylation is 2. The van der Waals surface area contributed by atoms with Gasteiger partial charge in [0.15, 0.2) is 0 Å². The third-order valence-electron chi connectivity index (χ3n) is 9.25. The van der Waals surface area contributed by atoms with Crippen LogP contribution in [0.3, 0.4) is 0 Å². The van der Waals surface area contributed by atoms with Crippen molar-refractivity contribution in [2.75, 3.05) is 30.0 Å². The van der Waals surface area contributed by atoms with Crippen molar-refractivity contribution in [1.82, 2.24) is 19.1 Å². The highest BCUT2D eigenvalue weighted by Gasteiger charge is 2.29. The maximum atomic E-state index is 15.8. The molecule has 1 saturated heterocycles. The van der Waals surface area contributed by atoms with Gasteiger partial charge in [0.2, 0.25) is 5.43 Å². The van der Waals surface area contributed by atoms with Gasteiger partial charge in [0.25, 0.3) is 5.56 Å². The van der Waals surface area contributed by atoms with Crippen LogP contribution in [-0.2, 0) is 13.0 Å². The lowest BCUT2D eigenvalue weighted by molar-refractivity contribution is 0.0695. The van der Waals surface area contributed by atoms with E-state index in [-0.39, 0.29) is 29.1 Å². The fourth-order valence-corrected chi connectivity index (χ4v) is 6.51. The number of aromatic amines is 1. The number of fused-ring (bicyclic) bond motifs is 1. The number of nitrogens with one attached hydrogen (secondary N) is 2. The number of carboxylic acids is 1. The summed E-state index contributed by atoms with van der Waals surface area (Å²) in [5, 5.41) is 16.8. The minimum Gasteiger partial charge on any atom is -0.477 e. The number of benzene rings is 2. The van der Waals surface area contributed by atoms with Crippen molar-refractivity contribution < 1.29 is 14.3 Å². The Bertz CT molecular complexity index is 1960. The number of hydrogen-bond donors (Lipinski definition) is 3. The molecule has 2 fully saturated rings. The molecule has 12 heteroatoms. The Morgan fingerprint density at radius 2 is 1.83 bits per heavy atom.